The Balaban J connectivity index is 4.52. The van der Waals surface area contributed by atoms with E-state index in [1.165, 1.54) is 161 Å². The molecule has 0 heterocycles. The van der Waals surface area contributed by atoms with Gasteiger partial charge in [-0.3, -0.25) is 9.59 Å². The van der Waals surface area contributed by atoms with Gasteiger partial charge in [0, 0.05) is 6.42 Å². The first-order valence-electron chi connectivity index (χ1n) is 26.1. The van der Waals surface area contributed by atoms with Crippen LogP contribution >= 0.6 is 0 Å². The van der Waals surface area contributed by atoms with Gasteiger partial charge in [-0.25, -0.2) is 0 Å². The van der Waals surface area contributed by atoms with Crippen molar-refractivity contribution in [2.24, 2.45) is 0 Å². The molecule has 0 spiro atoms. The summed E-state index contributed by atoms with van der Waals surface area (Å²) in [4.78, 5) is 26.1. The van der Waals surface area contributed by atoms with Crippen molar-refractivity contribution in [3.8, 4) is 0 Å². The number of carbonyl (C=O) groups excluding carboxylic acids is 2. The fourth-order valence-electron chi connectivity index (χ4n) is 8.12. The predicted molar refractivity (Wildman–Crippen MR) is 255 cm³/mol. The Hall–Kier alpha value is -1.66. The molecule has 6 nitrogen and oxygen atoms in total. The summed E-state index contributed by atoms with van der Waals surface area (Å²) in [6.07, 6.45) is 53.8. The molecule has 59 heavy (non-hydrogen) atoms. The van der Waals surface area contributed by atoms with Gasteiger partial charge in [-0.2, -0.15) is 0 Å². The van der Waals surface area contributed by atoms with Gasteiger partial charge in [0.1, 0.15) is 6.10 Å². The minimum absolute atomic E-state index is 0.0732. The number of nitrogens with one attached hydrogen (secondary N) is 1. The molecule has 0 fully saturated rings. The van der Waals surface area contributed by atoms with Gasteiger partial charge in [0.2, 0.25) is 5.91 Å². The molecule has 0 aliphatic heterocycles. The maximum Gasteiger partial charge on any atom is 0.306 e. The summed E-state index contributed by atoms with van der Waals surface area (Å²) >= 11 is 0. The number of aliphatic hydroxyl groups is 2. The van der Waals surface area contributed by atoms with Crippen molar-refractivity contribution in [1.29, 1.82) is 0 Å². The monoisotopic (exact) mass is 832 g/mol. The van der Waals surface area contributed by atoms with Gasteiger partial charge in [-0.05, 0) is 51.4 Å². The molecule has 0 rings (SSSR count). The number of unbranched alkanes of at least 4 members (excludes halogenated alkanes) is 31. The van der Waals surface area contributed by atoms with E-state index >= 15 is 0 Å². The minimum atomic E-state index is -0.787. The lowest BCUT2D eigenvalue weighted by molar-refractivity contribution is -0.151. The third kappa shape index (κ3) is 42.8. The minimum Gasteiger partial charge on any atom is -0.462 e. The van der Waals surface area contributed by atoms with Gasteiger partial charge in [0.05, 0.1) is 25.2 Å². The SMILES string of the molecule is CC/C=C/C/C=C/CCCCCCCC(CC(=O)NC(CO)C(O)CCCCCCCCCCCCCCC)OC(=O)CCCCCCCCCCCCCCCCC. The van der Waals surface area contributed by atoms with E-state index in [1.54, 1.807) is 0 Å². The molecule has 0 aromatic carbocycles. The van der Waals surface area contributed by atoms with E-state index in [-0.39, 0.29) is 24.9 Å². The van der Waals surface area contributed by atoms with Gasteiger partial charge in [-0.1, -0.05) is 238 Å². The van der Waals surface area contributed by atoms with Gasteiger partial charge >= 0.3 is 5.97 Å². The number of carbonyl (C=O) groups is 2. The van der Waals surface area contributed by atoms with Crippen molar-refractivity contribution in [3.05, 3.63) is 24.3 Å². The van der Waals surface area contributed by atoms with Gasteiger partial charge < -0.3 is 20.3 Å². The summed E-state index contributed by atoms with van der Waals surface area (Å²) < 4.78 is 5.93. The molecule has 0 saturated carbocycles. The number of hydrogen-bond acceptors (Lipinski definition) is 5. The van der Waals surface area contributed by atoms with Crippen LogP contribution in [0.3, 0.4) is 0 Å². The summed E-state index contributed by atoms with van der Waals surface area (Å²) in [6.45, 7) is 6.39. The van der Waals surface area contributed by atoms with E-state index in [0.29, 0.717) is 19.3 Å². The maximum absolute atomic E-state index is 13.2. The summed E-state index contributed by atoms with van der Waals surface area (Å²) in [5, 5.41) is 23.8. The molecule has 0 aromatic rings. The van der Waals surface area contributed by atoms with E-state index in [0.717, 1.165) is 70.6 Å². The van der Waals surface area contributed by atoms with Crippen LogP contribution in [-0.2, 0) is 14.3 Å². The predicted octanol–water partition coefficient (Wildman–Crippen LogP) is 15.5. The Bertz CT molecular complexity index is 935. The van der Waals surface area contributed by atoms with Crippen molar-refractivity contribution >= 4 is 11.9 Å². The molecule has 1 amide bonds. The van der Waals surface area contributed by atoms with E-state index in [2.05, 4.69) is 50.4 Å². The standard InChI is InChI=1S/C53H101NO5/c1-4-7-10-13-16-19-22-25-26-28-31-34-37-40-43-46-53(58)59-49(44-41-38-35-32-29-24-21-18-15-12-9-6-3)47-52(57)54-50(48-55)51(56)45-42-39-36-33-30-27-23-20-17-14-11-8-5-2/h9,12,18,21,49-51,55-56H,4-8,10-11,13-17,19-20,22-48H2,1-3H3,(H,54,57)/b12-9+,21-18+. The number of esters is 1. The third-order valence-corrected chi connectivity index (χ3v) is 12.0. The summed E-state index contributed by atoms with van der Waals surface area (Å²) in [5.74, 6) is -0.474. The largest absolute Gasteiger partial charge is 0.462 e. The highest BCUT2D eigenvalue weighted by Gasteiger charge is 2.24. The number of aliphatic hydroxyl groups excluding tert-OH is 2. The highest BCUT2D eigenvalue weighted by molar-refractivity contribution is 5.77. The molecule has 0 aromatic heterocycles. The fourth-order valence-corrected chi connectivity index (χ4v) is 8.12. The Labute approximate surface area is 367 Å². The van der Waals surface area contributed by atoms with E-state index < -0.39 is 18.2 Å². The van der Waals surface area contributed by atoms with Crippen molar-refractivity contribution in [2.45, 2.75) is 296 Å². The van der Waals surface area contributed by atoms with Gasteiger partial charge in [0.25, 0.3) is 0 Å². The molecule has 3 N–H and O–H groups in total. The molecule has 0 aliphatic rings. The summed E-state index contributed by atoms with van der Waals surface area (Å²) in [7, 11) is 0. The zero-order valence-corrected chi connectivity index (χ0v) is 39.7. The quantitative estimate of drug-likeness (QED) is 0.0322. The van der Waals surface area contributed by atoms with E-state index in [1.807, 2.05) is 0 Å². The van der Waals surface area contributed by atoms with Gasteiger partial charge in [-0.15, -0.1) is 0 Å². The highest BCUT2D eigenvalue weighted by Crippen LogP contribution is 2.18. The molecule has 0 radical (unpaired) electrons. The number of hydrogen-bond donors (Lipinski definition) is 3. The number of amides is 1. The second-order valence-electron chi connectivity index (χ2n) is 17.9. The molecule has 3 unspecified atom stereocenters. The topological polar surface area (TPSA) is 95.9 Å². The molecule has 348 valence electrons. The zero-order chi connectivity index (χ0) is 43.1. The van der Waals surface area contributed by atoms with Crippen LogP contribution in [0.2, 0.25) is 0 Å². The van der Waals surface area contributed by atoms with Crippen LogP contribution in [-0.4, -0.2) is 46.9 Å². The number of ether oxygens (including phenoxy) is 1. The first-order chi connectivity index (χ1) is 29.0. The third-order valence-electron chi connectivity index (χ3n) is 12.0. The lowest BCUT2D eigenvalue weighted by Gasteiger charge is -2.24. The highest BCUT2D eigenvalue weighted by atomic mass is 16.5. The Morgan fingerprint density at radius 2 is 0.915 bits per heavy atom. The van der Waals surface area contributed by atoms with Crippen LogP contribution in [0.5, 0.6) is 0 Å². The summed E-state index contributed by atoms with van der Waals surface area (Å²) in [6, 6.07) is -0.701. The smallest absolute Gasteiger partial charge is 0.306 e. The Kier molecular flexibility index (Phi) is 46.1. The second-order valence-corrected chi connectivity index (χ2v) is 17.9. The lowest BCUT2D eigenvalue weighted by Crippen LogP contribution is -2.46. The molecule has 3 atom stereocenters. The van der Waals surface area contributed by atoms with Crippen LogP contribution in [0.1, 0.15) is 278 Å². The molecule has 0 saturated heterocycles. The summed E-state index contributed by atoms with van der Waals surface area (Å²) in [5.41, 5.74) is 0. The molecular formula is C53H101NO5. The van der Waals surface area contributed by atoms with E-state index in [4.69, 9.17) is 4.74 Å². The van der Waals surface area contributed by atoms with Crippen LogP contribution in [0, 0.1) is 0 Å². The average molecular weight is 832 g/mol. The lowest BCUT2D eigenvalue weighted by atomic mass is 10.0. The average Bonchev–Trinajstić information content (AvgIpc) is 3.23. The molecule has 0 aliphatic carbocycles. The van der Waals surface area contributed by atoms with Crippen molar-refractivity contribution in [1.82, 2.24) is 5.32 Å². The fraction of sp³-hybridized carbons (Fsp3) is 0.887. The zero-order valence-electron chi connectivity index (χ0n) is 39.7. The van der Waals surface area contributed by atoms with E-state index in [9.17, 15) is 19.8 Å². The molecule has 6 heteroatoms. The molecular weight excluding hydrogens is 731 g/mol. The maximum atomic E-state index is 13.2. The van der Waals surface area contributed by atoms with Crippen LogP contribution in [0.15, 0.2) is 24.3 Å². The first-order valence-corrected chi connectivity index (χ1v) is 26.1. The Morgan fingerprint density at radius 1 is 0.508 bits per heavy atom. The van der Waals surface area contributed by atoms with Crippen LogP contribution in [0.25, 0.3) is 0 Å². The van der Waals surface area contributed by atoms with Crippen LogP contribution < -0.4 is 5.32 Å². The molecule has 0 bridgehead atoms. The van der Waals surface area contributed by atoms with Crippen molar-refractivity contribution < 1.29 is 24.5 Å². The van der Waals surface area contributed by atoms with Crippen molar-refractivity contribution in [3.63, 3.8) is 0 Å². The Morgan fingerprint density at radius 3 is 1.37 bits per heavy atom. The second kappa shape index (κ2) is 47.4. The van der Waals surface area contributed by atoms with Crippen LogP contribution in [0.4, 0.5) is 0 Å². The number of rotatable bonds is 47. The number of allylic oxidation sites excluding steroid dienone is 4. The first kappa shape index (κ1) is 57.3. The van der Waals surface area contributed by atoms with Crippen molar-refractivity contribution in [2.75, 3.05) is 6.61 Å². The normalized spacial score (nSPS) is 13.4. The van der Waals surface area contributed by atoms with Gasteiger partial charge in [0.15, 0.2) is 0 Å².